The molecule has 1 N–H and O–H groups in total. The molecule has 1 aromatic carbocycles. The zero-order chi connectivity index (χ0) is 20.8. The minimum Gasteiger partial charge on any atom is -0.494 e. The van der Waals surface area contributed by atoms with Crippen LogP contribution in [0.4, 0.5) is 0 Å². The van der Waals surface area contributed by atoms with Crippen LogP contribution < -0.4 is 10.1 Å². The summed E-state index contributed by atoms with van der Waals surface area (Å²) in [4.78, 5) is 5.25. The molecule has 3 aliphatic rings. The van der Waals surface area contributed by atoms with Crippen LogP contribution in [-0.2, 0) is 6.42 Å². The topological polar surface area (TPSA) is 27.7 Å². The van der Waals surface area contributed by atoms with Crippen molar-refractivity contribution in [2.75, 3.05) is 39.5 Å². The van der Waals surface area contributed by atoms with Crippen LogP contribution in [0.15, 0.2) is 30.0 Å². The van der Waals surface area contributed by atoms with Gasteiger partial charge in [0, 0.05) is 29.9 Å². The predicted octanol–water partition coefficient (Wildman–Crippen LogP) is 5.07. The molecule has 2 fully saturated rings. The third kappa shape index (κ3) is 5.93. The second-order valence-electron chi connectivity index (χ2n) is 9.24. The molecule has 0 aromatic heterocycles. The van der Waals surface area contributed by atoms with E-state index in [1.807, 2.05) is 19.1 Å². The zero-order valence-corrected chi connectivity index (χ0v) is 19.3. The number of ether oxygens (including phenoxy) is 1. The number of nitrogens with one attached hydrogen (secondary N) is 1. The molecule has 2 aliphatic heterocycles. The number of nitrogens with zero attached hydrogens (tertiary/aromatic N) is 2. The van der Waals surface area contributed by atoms with Gasteiger partial charge >= 0.3 is 0 Å². The molecule has 2 heterocycles. The van der Waals surface area contributed by atoms with Crippen molar-refractivity contribution in [2.45, 2.75) is 64.3 Å². The summed E-state index contributed by atoms with van der Waals surface area (Å²) in [5, 5.41) is 4.58. The van der Waals surface area contributed by atoms with Crippen molar-refractivity contribution in [2.24, 2.45) is 5.92 Å². The largest absolute Gasteiger partial charge is 0.494 e. The summed E-state index contributed by atoms with van der Waals surface area (Å²) in [6.45, 7) is 8.30. The summed E-state index contributed by atoms with van der Waals surface area (Å²) in [6.07, 6.45) is 13.0. The highest BCUT2D eigenvalue weighted by molar-refractivity contribution is 6.31. The first-order chi connectivity index (χ1) is 14.7. The monoisotopic (exact) mass is 431 g/mol. The summed E-state index contributed by atoms with van der Waals surface area (Å²) in [7, 11) is 0. The first-order valence-corrected chi connectivity index (χ1v) is 12.4. The predicted molar refractivity (Wildman–Crippen MR) is 125 cm³/mol. The zero-order valence-electron chi connectivity index (χ0n) is 18.5. The fraction of sp³-hybridized carbons (Fsp3) is 0.680. The Kier molecular flexibility index (Phi) is 7.97. The summed E-state index contributed by atoms with van der Waals surface area (Å²) in [5.74, 6) is 1.65. The second-order valence-corrected chi connectivity index (χ2v) is 9.64. The number of hydrogen-bond donors (Lipinski definition) is 1. The standard InChI is InChI=1S/C25H38ClN3O/c1-2-30-24-8-9-25(26)21(17-24)16-20-10-13-28(14-11-20)18-22-12-15-29(19-27-22)23-6-4-3-5-7-23/h8-9,12,17,20,23,27H,2-7,10-11,13-16,18-19H2,1H3. The highest BCUT2D eigenvalue weighted by atomic mass is 35.5. The van der Waals surface area contributed by atoms with Crippen LogP contribution in [0.3, 0.4) is 0 Å². The number of piperidine rings is 1. The van der Waals surface area contributed by atoms with Gasteiger partial charge in [0.15, 0.2) is 0 Å². The van der Waals surface area contributed by atoms with Gasteiger partial charge in [0.1, 0.15) is 5.75 Å². The van der Waals surface area contributed by atoms with E-state index in [9.17, 15) is 0 Å². The van der Waals surface area contributed by atoms with Crippen molar-refractivity contribution < 1.29 is 4.74 Å². The van der Waals surface area contributed by atoms with Crippen LogP contribution in [0, 0.1) is 5.92 Å². The highest BCUT2D eigenvalue weighted by Crippen LogP contribution is 2.29. The van der Waals surface area contributed by atoms with Crippen LogP contribution in [0.25, 0.3) is 0 Å². The van der Waals surface area contributed by atoms with Crippen LogP contribution in [-0.4, -0.2) is 55.3 Å². The van der Waals surface area contributed by atoms with E-state index < -0.39 is 0 Å². The average Bonchev–Trinajstić information content (AvgIpc) is 2.79. The molecule has 4 rings (SSSR count). The lowest BCUT2D eigenvalue weighted by molar-refractivity contribution is 0.148. The van der Waals surface area contributed by atoms with Crippen molar-refractivity contribution in [1.29, 1.82) is 0 Å². The van der Waals surface area contributed by atoms with Gasteiger partial charge in [-0.3, -0.25) is 9.80 Å². The molecular weight excluding hydrogens is 394 g/mol. The van der Waals surface area contributed by atoms with Crippen LogP contribution in [0.5, 0.6) is 5.75 Å². The molecule has 0 radical (unpaired) electrons. The van der Waals surface area contributed by atoms with E-state index in [0.29, 0.717) is 12.5 Å². The normalized spacial score (nSPS) is 22.5. The lowest BCUT2D eigenvalue weighted by Gasteiger charge is -2.38. The Bertz CT molecular complexity index is 708. The molecule has 1 aliphatic carbocycles. The van der Waals surface area contributed by atoms with Crippen molar-refractivity contribution >= 4 is 11.6 Å². The van der Waals surface area contributed by atoms with Crippen LogP contribution >= 0.6 is 11.6 Å². The number of benzene rings is 1. The molecule has 0 amide bonds. The summed E-state index contributed by atoms with van der Waals surface area (Å²) in [6, 6.07) is 6.88. The minimum absolute atomic E-state index is 0.696. The van der Waals surface area contributed by atoms with Crippen molar-refractivity contribution in [1.82, 2.24) is 15.1 Å². The van der Waals surface area contributed by atoms with Gasteiger partial charge in [0.25, 0.3) is 0 Å². The van der Waals surface area contributed by atoms with Gasteiger partial charge in [-0.15, -0.1) is 0 Å². The maximum Gasteiger partial charge on any atom is 0.119 e. The fourth-order valence-corrected chi connectivity index (χ4v) is 5.47. The molecule has 0 unspecified atom stereocenters. The Balaban J connectivity index is 1.21. The van der Waals surface area contributed by atoms with E-state index in [0.717, 1.165) is 43.0 Å². The van der Waals surface area contributed by atoms with E-state index in [-0.39, 0.29) is 0 Å². The maximum atomic E-state index is 6.46. The van der Waals surface area contributed by atoms with E-state index in [2.05, 4.69) is 27.3 Å². The van der Waals surface area contributed by atoms with Gasteiger partial charge in [-0.1, -0.05) is 36.9 Å². The molecule has 0 atom stereocenters. The maximum absolute atomic E-state index is 6.46. The van der Waals surface area contributed by atoms with Crippen molar-refractivity contribution in [3.8, 4) is 5.75 Å². The lowest BCUT2D eigenvalue weighted by atomic mass is 9.90. The first-order valence-electron chi connectivity index (χ1n) is 12.0. The molecule has 30 heavy (non-hydrogen) atoms. The Morgan fingerprint density at radius 1 is 1.10 bits per heavy atom. The summed E-state index contributed by atoms with van der Waals surface area (Å²) >= 11 is 6.46. The summed E-state index contributed by atoms with van der Waals surface area (Å²) < 4.78 is 5.65. The van der Waals surface area contributed by atoms with E-state index in [4.69, 9.17) is 16.3 Å². The third-order valence-corrected chi connectivity index (χ3v) is 7.48. The quantitative estimate of drug-likeness (QED) is 0.652. The molecule has 1 aromatic rings. The Labute approximate surface area is 187 Å². The number of hydrogen-bond acceptors (Lipinski definition) is 4. The number of halogens is 1. The van der Waals surface area contributed by atoms with Crippen molar-refractivity contribution in [3.05, 3.63) is 40.6 Å². The van der Waals surface area contributed by atoms with E-state index in [1.54, 1.807) is 0 Å². The van der Waals surface area contributed by atoms with E-state index in [1.165, 1.54) is 69.3 Å². The third-order valence-electron chi connectivity index (χ3n) is 7.11. The van der Waals surface area contributed by atoms with Gasteiger partial charge in [-0.25, -0.2) is 0 Å². The van der Waals surface area contributed by atoms with Crippen LogP contribution in [0.1, 0.15) is 57.4 Å². The minimum atomic E-state index is 0.696. The molecule has 5 heteroatoms. The highest BCUT2D eigenvalue weighted by Gasteiger charge is 2.24. The lowest BCUT2D eigenvalue weighted by Crippen LogP contribution is -2.47. The number of likely N-dealkylation sites (tertiary alicyclic amines) is 1. The smallest absolute Gasteiger partial charge is 0.119 e. The Morgan fingerprint density at radius 3 is 2.60 bits per heavy atom. The van der Waals surface area contributed by atoms with Gasteiger partial charge in [0.2, 0.25) is 0 Å². The SMILES string of the molecule is CCOc1ccc(Cl)c(CC2CCN(CC3=CCN(C4CCCCC4)CN3)CC2)c1. The van der Waals surface area contributed by atoms with Gasteiger partial charge < -0.3 is 10.1 Å². The van der Waals surface area contributed by atoms with Crippen molar-refractivity contribution in [3.63, 3.8) is 0 Å². The summed E-state index contributed by atoms with van der Waals surface area (Å²) in [5.41, 5.74) is 2.66. The second kappa shape index (κ2) is 10.9. The average molecular weight is 432 g/mol. The van der Waals surface area contributed by atoms with Gasteiger partial charge in [-0.05, 0) is 81.8 Å². The molecular formula is C25H38ClN3O. The molecule has 4 nitrogen and oxygen atoms in total. The molecule has 166 valence electrons. The molecule has 1 saturated heterocycles. The van der Waals surface area contributed by atoms with Gasteiger partial charge in [-0.2, -0.15) is 0 Å². The molecule has 0 spiro atoms. The Morgan fingerprint density at radius 2 is 1.90 bits per heavy atom. The van der Waals surface area contributed by atoms with E-state index >= 15 is 0 Å². The Hall–Kier alpha value is -1.23. The number of rotatable bonds is 7. The van der Waals surface area contributed by atoms with Gasteiger partial charge in [0.05, 0.1) is 13.3 Å². The first kappa shape index (κ1) is 22.0. The molecule has 1 saturated carbocycles. The van der Waals surface area contributed by atoms with Crippen LogP contribution in [0.2, 0.25) is 5.02 Å². The molecule has 0 bridgehead atoms. The fourth-order valence-electron chi connectivity index (χ4n) is 5.28.